The highest BCUT2D eigenvalue weighted by Crippen LogP contribution is 2.34. The van der Waals surface area contributed by atoms with Crippen molar-refractivity contribution >= 4 is 0 Å². The maximum Gasteiger partial charge on any atom is 0.0692 e. The van der Waals surface area contributed by atoms with Crippen LogP contribution < -0.4 is 5.32 Å². The first kappa shape index (κ1) is 12.1. The molecule has 1 aromatic heterocycles. The van der Waals surface area contributed by atoms with E-state index < -0.39 is 0 Å². The van der Waals surface area contributed by atoms with E-state index in [2.05, 4.69) is 27.6 Å². The summed E-state index contributed by atoms with van der Waals surface area (Å²) in [4.78, 5) is 2.59. The average Bonchev–Trinajstić information content (AvgIpc) is 2.93. The molecule has 5 heteroatoms. The summed E-state index contributed by atoms with van der Waals surface area (Å²) in [6, 6.07) is 2.39. The Morgan fingerprint density at radius 2 is 2.06 bits per heavy atom. The molecule has 100 valence electrons. The van der Waals surface area contributed by atoms with Crippen LogP contribution in [0.2, 0.25) is 0 Å². The number of hydrogen-bond donors (Lipinski definition) is 1. The van der Waals surface area contributed by atoms with Crippen LogP contribution in [0.15, 0.2) is 12.4 Å². The Labute approximate surface area is 109 Å². The lowest BCUT2D eigenvalue weighted by Gasteiger charge is -2.36. The van der Waals surface area contributed by atoms with E-state index in [-0.39, 0.29) is 0 Å². The van der Waals surface area contributed by atoms with Gasteiger partial charge in [-0.25, -0.2) is 0 Å². The highest BCUT2D eigenvalue weighted by Gasteiger charge is 2.37. The zero-order valence-corrected chi connectivity index (χ0v) is 11.1. The van der Waals surface area contributed by atoms with E-state index in [1.165, 1.54) is 25.7 Å². The standard InChI is InChI=1S/C13H23N5/c1-17-12-3-4-13(17)10-11(9-12)14-5-2-7-18-8-6-15-16-18/h6,8,11-14H,2-5,7,9-10H2,1H3. The Kier molecular flexibility index (Phi) is 3.61. The quantitative estimate of drug-likeness (QED) is 0.787. The molecule has 3 heterocycles. The summed E-state index contributed by atoms with van der Waals surface area (Å²) in [6.45, 7) is 2.06. The van der Waals surface area contributed by atoms with Crippen molar-refractivity contribution in [2.45, 2.75) is 56.8 Å². The van der Waals surface area contributed by atoms with Gasteiger partial charge in [0.2, 0.25) is 0 Å². The molecule has 1 aromatic rings. The Hall–Kier alpha value is -0.940. The first-order chi connectivity index (χ1) is 8.83. The molecule has 2 unspecified atom stereocenters. The second kappa shape index (κ2) is 5.36. The third kappa shape index (κ3) is 2.57. The van der Waals surface area contributed by atoms with Crippen LogP contribution in [0.25, 0.3) is 0 Å². The summed E-state index contributed by atoms with van der Waals surface area (Å²) in [5.41, 5.74) is 0. The minimum atomic E-state index is 0.731. The number of nitrogens with one attached hydrogen (secondary N) is 1. The molecule has 0 saturated carbocycles. The summed E-state index contributed by atoms with van der Waals surface area (Å²) in [6.07, 6.45) is 10.3. The molecule has 5 nitrogen and oxygen atoms in total. The molecule has 3 rings (SSSR count). The van der Waals surface area contributed by atoms with E-state index in [0.717, 1.165) is 37.6 Å². The normalized spacial score (nSPS) is 31.9. The van der Waals surface area contributed by atoms with Crippen LogP contribution >= 0.6 is 0 Å². The zero-order valence-electron chi connectivity index (χ0n) is 11.1. The predicted octanol–water partition coefficient (Wildman–Crippen LogP) is 0.883. The van der Waals surface area contributed by atoms with E-state index in [4.69, 9.17) is 0 Å². The van der Waals surface area contributed by atoms with Gasteiger partial charge in [-0.2, -0.15) is 0 Å². The Morgan fingerprint density at radius 3 is 2.72 bits per heavy atom. The maximum absolute atomic E-state index is 3.98. The molecule has 2 aliphatic heterocycles. The van der Waals surface area contributed by atoms with Crippen molar-refractivity contribution < 1.29 is 0 Å². The zero-order chi connectivity index (χ0) is 12.4. The van der Waals surface area contributed by atoms with Crippen LogP contribution in [0.4, 0.5) is 0 Å². The topological polar surface area (TPSA) is 46.0 Å². The van der Waals surface area contributed by atoms with Crippen LogP contribution in [0.1, 0.15) is 32.1 Å². The van der Waals surface area contributed by atoms with Crippen molar-refractivity contribution in [1.82, 2.24) is 25.2 Å². The third-order valence-corrected chi connectivity index (χ3v) is 4.57. The minimum Gasteiger partial charge on any atom is -0.314 e. The van der Waals surface area contributed by atoms with Gasteiger partial charge < -0.3 is 10.2 Å². The number of rotatable bonds is 5. The number of piperidine rings is 1. The molecule has 18 heavy (non-hydrogen) atoms. The lowest BCUT2D eigenvalue weighted by atomic mass is 9.98. The number of nitrogens with zero attached hydrogens (tertiary/aromatic N) is 4. The van der Waals surface area contributed by atoms with Gasteiger partial charge in [-0.05, 0) is 45.7 Å². The van der Waals surface area contributed by atoms with Crippen molar-refractivity contribution in [2.24, 2.45) is 0 Å². The largest absolute Gasteiger partial charge is 0.314 e. The number of hydrogen-bond acceptors (Lipinski definition) is 4. The fourth-order valence-corrected chi connectivity index (χ4v) is 3.48. The number of aryl methyl sites for hydroxylation is 1. The van der Waals surface area contributed by atoms with Gasteiger partial charge in [0.15, 0.2) is 0 Å². The highest BCUT2D eigenvalue weighted by molar-refractivity contribution is 4.95. The first-order valence-corrected chi connectivity index (χ1v) is 7.12. The second-order valence-electron chi connectivity index (χ2n) is 5.69. The Bertz CT molecular complexity index is 349. The maximum atomic E-state index is 3.98. The van der Waals surface area contributed by atoms with Crippen molar-refractivity contribution in [3.8, 4) is 0 Å². The molecule has 0 amide bonds. The fraction of sp³-hybridized carbons (Fsp3) is 0.846. The summed E-state index contributed by atoms with van der Waals surface area (Å²) in [5, 5.41) is 11.5. The van der Waals surface area contributed by atoms with Crippen molar-refractivity contribution in [3.05, 3.63) is 12.4 Å². The van der Waals surface area contributed by atoms with Crippen molar-refractivity contribution in [1.29, 1.82) is 0 Å². The molecule has 1 N–H and O–H groups in total. The SMILES string of the molecule is CN1C2CCC1CC(NCCCn1ccnn1)C2. The summed E-state index contributed by atoms with van der Waals surface area (Å²) in [5.74, 6) is 0. The lowest BCUT2D eigenvalue weighted by Crippen LogP contribution is -2.47. The van der Waals surface area contributed by atoms with E-state index in [0.29, 0.717) is 0 Å². The van der Waals surface area contributed by atoms with Gasteiger partial charge in [0.1, 0.15) is 0 Å². The minimum absolute atomic E-state index is 0.731. The molecule has 0 aromatic carbocycles. The molecule has 2 atom stereocenters. The summed E-state index contributed by atoms with van der Waals surface area (Å²) >= 11 is 0. The van der Waals surface area contributed by atoms with Crippen molar-refractivity contribution in [2.75, 3.05) is 13.6 Å². The van der Waals surface area contributed by atoms with E-state index in [1.807, 2.05) is 10.9 Å². The molecular formula is C13H23N5. The predicted molar refractivity (Wildman–Crippen MR) is 70.2 cm³/mol. The lowest BCUT2D eigenvalue weighted by molar-refractivity contribution is 0.148. The Balaban J connectivity index is 1.37. The van der Waals surface area contributed by atoms with Gasteiger partial charge in [-0.15, -0.1) is 5.10 Å². The van der Waals surface area contributed by atoms with Crippen LogP contribution in [0, 0.1) is 0 Å². The Morgan fingerprint density at radius 1 is 1.28 bits per heavy atom. The van der Waals surface area contributed by atoms with E-state index in [1.54, 1.807) is 6.20 Å². The van der Waals surface area contributed by atoms with Gasteiger partial charge in [0.25, 0.3) is 0 Å². The molecule has 0 aliphatic carbocycles. The molecule has 2 fully saturated rings. The summed E-state index contributed by atoms with van der Waals surface area (Å²) < 4.78 is 1.90. The van der Waals surface area contributed by atoms with Crippen LogP contribution in [-0.2, 0) is 6.54 Å². The van der Waals surface area contributed by atoms with Gasteiger partial charge in [0, 0.05) is 30.9 Å². The van der Waals surface area contributed by atoms with E-state index >= 15 is 0 Å². The monoisotopic (exact) mass is 249 g/mol. The summed E-state index contributed by atoms with van der Waals surface area (Å²) in [7, 11) is 2.29. The van der Waals surface area contributed by atoms with Crippen molar-refractivity contribution in [3.63, 3.8) is 0 Å². The van der Waals surface area contributed by atoms with Gasteiger partial charge in [-0.3, -0.25) is 4.68 Å². The van der Waals surface area contributed by atoms with Gasteiger partial charge in [-0.1, -0.05) is 5.21 Å². The first-order valence-electron chi connectivity index (χ1n) is 7.12. The number of aromatic nitrogens is 3. The van der Waals surface area contributed by atoms with Crippen LogP contribution in [0.5, 0.6) is 0 Å². The molecule has 2 bridgehead atoms. The van der Waals surface area contributed by atoms with E-state index in [9.17, 15) is 0 Å². The number of fused-ring (bicyclic) bond motifs is 2. The molecule has 2 aliphatic rings. The second-order valence-corrected chi connectivity index (χ2v) is 5.69. The highest BCUT2D eigenvalue weighted by atomic mass is 15.4. The third-order valence-electron chi connectivity index (χ3n) is 4.57. The fourth-order valence-electron chi connectivity index (χ4n) is 3.48. The van der Waals surface area contributed by atoms with Crippen LogP contribution in [-0.4, -0.2) is 51.6 Å². The molecule has 0 spiro atoms. The smallest absolute Gasteiger partial charge is 0.0692 e. The molecule has 0 radical (unpaired) electrons. The van der Waals surface area contributed by atoms with Crippen LogP contribution in [0.3, 0.4) is 0 Å². The van der Waals surface area contributed by atoms with Gasteiger partial charge >= 0.3 is 0 Å². The molecule has 2 saturated heterocycles. The average molecular weight is 249 g/mol. The van der Waals surface area contributed by atoms with Gasteiger partial charge in [0.05, 0.1) is 6.20 Å². The molecular weight excluding hydrogens is 226 g/mol.